The number of rotatable bonds is 4. The highest BCUT2D eigenvalue weighted by Gasteiger charge is 2.27. The summed E-state index contributed by atoms with van der Waals surface area (Å²) in [6.07, 6.45) is 2.23. The number of esters is 1. The van der Waals surface area contributed by atoms with Crippen LogP contribution in [0.3, 0.4) is 0 Å². The summed E-state index contributed by atoms with van der Waals surface area (Å²) in [5, 5.41) is 1.21. The van der Waals surface area contributed by atoms with Gasteiger partial charge in [-0.25, -0.2) is 9.78 Å². The Bertz CT molecular complexity index is 464. The largest absolute Gasteiger partial charge is 0.461 e. The normalized spacial score (nSPS) is 18.9. The van der Waals surface area contributed by atoms with E-state index in [4.69, 9.17) is 4.74 Å². The zero-order chi connectivity index (χ0) is 13.1. The fourth-order valence-corrected chi connectivity index (χ4v) is 4.28. The molecule has 1 aliphatic heterocycles. The van der Waals surface area contributed by atoms with Gasteiger partial charge in [-0.2, -0.15) is 11.8 Å². The third-order valence-corrected chi connectivity index (χ3v) is 5.44. The van der Waals surface area contributed by atoms with Gasteiger partial charge in [-0.1, -0.05) is 0 Å². The lowest BCUT2D eigenvalue weighted by atomic mass is 10.2. The Balaban J connectivity index is 2.31. The van der Waals surface area contributed by atoms with Crippen LogP contribution in [-0.4, -0.2) is 29.1 Å². The van der Waals surface area contributed by atoms with E-state index in [0.717, 1.165) is 17.2 Å². The number of carbonyl (C=O) groups excluding carboxylic acids is 2. The van der Waals surface area contributed by atoms with E-state index in [1.165, 1.54) is 24.7 Å². The summed E-state index contributed by atoms with van der Waals surface area (Å²) in [7, 11) is 0. The predicted molar refractivity (Wildman–Crippen MR) is 72.5 cm³/mol. The molecule has 0 radical (unpaired) electrons. The van der Waals surface area contributed by atoms with Gasteiger partial charge in [0, 0.05) is 6.92 Å². The highest BCUT2D eigenvalue weighted by atomic mass is 32.2. The SMILES string of the molecule is CCOC(=O)c1nc(C2CCCS2)sc1C(C)=O. The molecule has 4 nitrogen and oxygen atoms in total. The number of hydrogen-bond acceptors (Lipinski definition) is 6. The number of thioether (sulfide) groups is 1. The molecule has 0 aromatic carbocycles. The van der Waals surface area contributed by atoms with Crippen molar-refractivity contribution in [3.8, 4) is 0 Å². The first-order valence-electron chi connectivity index (χ1n) is 5.93. The highest BCUT2D eigenvalue weighted by molar-refractivity contribution is 7.99. The molecule has 1 atom stereocenters. The molecule has 0 bridgehead atoms. The number of nitrogens with zero attached hydrogens (tertiary/aromatic N) is 1. The average molecular weight is 285 g/mol. The molecule has 1 aliphatic rings. The van der Waals surface area contributed by atoms with E-state index in [-0.39, 0.29) is 11.5 Å². The lowest BCUT2D eigenvalue weighted by molar-refractivity contribution is 0.0517. The molecule has 2 heterocycles. The number of Topliss-reactive ketones (excluding diaryl/α,β-unsaturated/α-hetero) is 1. The first kappa shape index (κ1) is 13.5. The maximum Gasteiger partial charge on any atom is 0.358 e. The number of aromatic nitrogens is 1. The monoisotopic (exact) mass is 285 g/mol. The van der Waals surface area contributed by atoms with Crippen LogP contribution in [0.15, 0.2) is 0 Å². The van der Waals surface area contributed by atoms with Crippen LogP contribution in [0.4, 0.5) is 0 Å². The van der Waals surface area contributed by atoms with Gasteiger partial charge >= 0.3 is 5.97 Å². The van der Waals surface area contributed by atoms with Gasteiger partial charge in [0.1, 0.15) is 9.88 Å². The van der Waals surface area contributed by atoms with Crippen LogP contribution in [0.5, 0.6) is 0 Å². The molecule has 1 aromatic heterocycles. The van der Waals surface area contributed by atoms with Crippen molar-refractivity contribution in [1.29, 1.82) is 0 Å². The fraction of sp³-hybridized carbons (Fsp3) is 0.583. The van der Waals surface area contributed by atoms with Crippen molar-refractivity contribution in [2.24, 2.45) is 0 Å². The minimum atomic E-state index is -0.492. The first-order valence-corrected chi connectivity index (χ1v) is 7.80. The second-order valence-corrected chi connectivity index (χ2v) is 6.35. The Hall–Kier alpha value is -0.880. The molecular weight excluding hydrogens is 270 g/mol. The molecule has 6 heteroatoms. The van der Waals surface area contributed by atoms with Gasteiger partial charge in [0.05, 0.1) is 11.9 Å². The molecule has 0 saturated carbocycles. The van der Waals surface area contributed by atoms with Gasteiger partial charge in [0.15, 0.2) is 11.5 Å². The predicted octanol–water partition coefficient (Wildman–Crippen LogP) is 3.09. The molecular formula is C12H15NO3S2. The van der Waals surface area contributed by atoms with E-state index in [1.54, 1.807) is 6.92 Å². The average Bonchev–Trinajstić information content (AvgIpc) is 2.98. The third kappa shape index (κ3) is 2.75. The van der Waals surface area contributed by atoms with E-state index in [2.05, 4.69) is 4.98 Å². The molecule has 0 aliphatic carbocycles. The minimum absolute atomic E-state index is 0.121. The van der Waals surface area contributed by atoms with Crippen molar-refractivity contribution in [1.82, 2.24) is 4.98 Å². The van der Waals surface area contributed by atoms with E-state index >= 15 is 0 Å². The summed E-state index contributed by atoms with van der Waals surface area (Å²) in [6, 6.07) is 0. The number of ether oxygens (including phenoxy) is 1. The number of thiazole rings is 1. The Labute approximate surface area is 114 Å². The van der Waals surface area contributed by atoms with E-state index < -0.39 is 5.97 Å². The fourth-order valence-electron chi connectivity index (χ4n) is 1.82. The summed E-state index contributed by atoms with van der Waals surface area (Å²) in [6.45, 7) is 3.49. The van der Waals surface area contributed by atoms with Gasteiger partial charge in [-0.15, -0.1) is 11.3 Å². The molecule has 1 aromatic rings. The second-order valence-electron chi connectivity index (χ2n) is 4.01. The van der Waals surface area contributed by atoms with Crippen LogP contribution in [-0.2, 0) is 4.74 Å². The van der Waals surface area contributed by atoms with Crippen molar-refractivity contribution in [2.45, 2.75) is 31.9 Å². The lowest BCUT2D eigenvalue weighted by Crippen LogP contribution is -2.09. The number of hydrogen-bond donors (Lipinski definition) is 0. The molecule has 0 spiro atoms. The van der Waals surface area contributed by atoms with Crippen molar-refractivity contribution >= 4 is 34.9 Å². The molecule has 1 fully saturated rings. The van der Waals surface area contributed by atoms with E-state index in [9.17, 15) is 9.59 Å². The molecule has 98 valence electrons. The van der Waals surface area contributed by atoms with Crippen molar-refractivity contribution in [3.63, 3.8) is 0 Å². The summed E-state index contributed by atoms with van der Waals surface area (Å²) >= 11 is 3.18. The van der Waals surface area contributed by atoms with E-state index in [0.29, 0.717) is 16.7 Å². The standard InChI is InChI=1S/C12H15NO3S2/c1-3-16-12(15)9-10(7(2)14)18-11(13-9)8-5-4-6-17-8/h8H,3-6H2,1-2H3. The third-order valence-electron chi connectivity index (χ3n) is 2.64. The zero-order valence-corrected chi connectivity index (χ0v) is 12.0. The van der Waals surface area contributed by atoms with Crippen molar-refractivity contribution in [2.75, 3.05) is 12.4 Å². The molecule has 0 amide bonds. The van der Waals surface area contributed by atoms with Gasteiger partial charge in [0.2, 0.25) is 0 Å². The summed E-state index contributed by atoms with van der Waals surface area (Å²) < 4.78 is 4.94. The smallest absolute Gasteiger partial charge is 0.358 e. The van der Waals surface area contributed by atoms with Crippen molar-refractivity contribution < 1.29 is 14.3 Å². The maximum atomic E-state index is 11.8. The van der Waals surface area contributed by atoms with Gasteiger partial charge in [-0.05, 0) is 25.5 Å². The minimum Gasteiger partial charge on any atom is -0.461 e. The summed E-state index contributed by atoms with van der Waals surface area (Å²) in [5.41, 5.74) is 0.192. The van der Waals surface area contributed by atoms with Crippen LogP contribution in [0, 0.1) is 0 Å². The lowest BCUT2D eigenvalue weighted by Gasteiger charge is -2.02. The van der Waals surface area contributed by atoms with Gasteiger partial charge < -0.3 is 4.74 Å². The Morgan fingerprint density at radius 2 is 2.28 bits per heavy atom. The molecule has 1 unspecified atom stereocenters. The maximum absolute atomic E-state index is 11.8. The molecule has 18 heavy (non-hydrogen) atoms. The van der Waals surface area contributed by atoms with Crippen LogP contribution in [0.1, 0.15) is 57.1 Å². The molecule has 1 saturated heterocycles. The van der Waals surface area contributed by atoms with Gasteiger partial charge in [0.25, 0.3) is 0 Å². The molecule has 2 rings (SSSR count). The number of ketones is 1. The Kier molecular flexibility index (Phi) is 4.40. The Morgan fingerprint density at radius 1 is 1.50 bits per heavy atom. The summed E-state index contributed by atoms with van der Waals surface area (Å²) in [4.78, 5) is 28.1. The topological polar surface area (TPSA) is 56.3 Å². The van der Waals surface area contributed by atoms with Crippen molar-refractivity contribution in [3.05, 3.63) is 15.6 Å². The molecule has 0 N–H and O–H groups in total. The Morgan fingerprint density at radius 3 is 2.83 bits per heavy atom. The number of carbonyl (C=O) groups is 2. The van der Waals surface area contributed by atoms with Crippen LogP contribution < -0.4 is 0 Å². The van der Waals surface area contributed by atoms with Crippen LogP contribution in [0.2, 0.25) is 0 Å². The highest BCUT2D eigenvalue weighted by Crippen LogP contribution is 2.42. The first-order chi connectivity index (χ1) is 8.63. The second kappa shape index (κ2) is 5.84. The quantitative estimate of drug-likeness (QED) is 0.628. The van der Waals surface area contributed by atoms with Crippen LogP contribution in [0.25, 0.3) is 0 Å². The summed E-state index contributed by atoms with van der Waals surface area (Å²) in [5.74, 6) is 0.506. The van der Waals surface area contributed by atoms with Gasteiger partial charge in [-0.3, -0.25) is 4.79 Å². The van der Waals surface area contributed by atoms with E-state index in [1.807, 2.05) is 11.8 Å². The zero-order valence-electron chi connectivity index (χ0n) is 10.4. The van der Waals surface area contributed by atoms with Crippen LogP contribution >= 0.6 is 23.1 Å².